The van der Waals surface area contributed by atoms with E-state index < -0.39 is 0 Å². The van der Waals surface area contributed by atoms with Gasteiger partial charge in [-0.25, -0.2) is 0 Å². The highest BCUT2D eigenvalue weighted by Gasteiger charge is 2.27. The monoisotopic (exact) mass is 467 g/mol. The van der Waals surface area contributed by atoms with Crippen LogP contribution in [-0.2, 0) is 4.79 Å². The molecule has 1 rings (SSSR count). The second kappa shape index (κ2) is 11.9. The number of carbonyl (C=O) groups excluding carboxylic acids is 1. The molecule has 148 valence electrons. The molecule has 2 N–H and O–H groups in total. The fourth-order valence-electron chi connectivity index (χ4n) is 3.25. The number of nitrogens with zero attached hydrogens (tertiary/aromatic N) is 3. The zero-order valence-corrected chi connectivity index (χ0v) is 19.3. The van der Waals surface area contributed by atoms with Gasteiger partial charge in [0.05, 0.1) is 0 Å². The molecule has 0 radical (unpaired) electrons. The molecule has 1 aliphatic heterocycles. The summed E-state index contributed by atoms with van der Waals surface area (Å²) >= 11 is 0. The van der Waals surface area contributed by atoms with Crippen LogP contribution in [0, 0.1) is 5.92 Å². The van der Waals surface area contributed by atoms with Crippen LogP contribution in [0.5, 0.6) is 0 Å². The Labute approximate surface area is 171 Å². The number of hydrogen-bond donors (Lipinski definition) is 2. The van der Waals surface area contributed by atoms with E-state index in [1.165, 1.54) is 0 Å². The summed E-state index contributed by atoms with van der Waals surface area (Å²) in [5.74, 6) is 1.14. The fraction of sp³-hybridized carbons (Fsp3) is 0.889. The summed E-state index contributed by atoms with van der Waals surface area (Å²) in [6.45, 7) is 16.3. The van der Waals surface area contributed by atoms with Crippen molar-refractivity contribution in [2.24, 2.45) is 10.9 Å². The molecule has 0 aromatic carbocycles. The van der Waals surface area contributed by atoms with Gasteiger partial charge < -0.3 is 15.5 Å². The molecular formula is C18H38IN5O. The molecule has 0 aromatic heterocycles. The Bertz CT molecular complexity index is 418. The van der Waals surface area contributed by atoms with Gasteiger partial charge in [0.15, 0.2) is 5.96 Å². The molecule has 25 heavy (non-hydrogen) atoms. The summed E-state index contributed by atoms with van der Waals surface area (Å²) in [6, 6.07) is 1.35. The molecule has 1 aliphatic rings. The number of halogens is 1. The number of hydrogen-bond acceptors (Lipinski definition) is 3. The van der Waals surface area contributed by atoms with Gasteiger partial charge in [-0.15, -0.1) is 24.0 Å². The molecule has 1 fully saturated rings. The van der Waals surface area contributed by atoms with E-state index in [1.807, 2.05) is 18.7 Å². The number of aliphatic imine (C=N–C) groups is 1. The van der Waals surface area contributed by atoms with Gasteiger partial charge in [-0.05, 0) is 34.1 Å². The van der Waals surface area contributed by atoms with Crippen molar-refractivity contribution in [3.63, 3.8) is 0 Å². The molecular weight excluding hydrogens is 429 g/mol. The number of carbonyl (C=O) groups is 1. The summed E-state index contributed by atoms with van der Waals surface area (Å²) in [5.41, 5.74) is 0. The highest BCUT2D eigenvalue weighted by atomic mass is 127. The molecule has 1 unspecified atom stereocenters. The second-order valence-electron chi connectivity index (χ2n) is 7.49. The summed E-state index contributed by atoms with van der Waals surface area (Å²) in [7, 11) is 1.80. The van der Waals surface area contributed by atoms with Crippen LogP contribution >= 0.6 is 24.0 Å². The molecule has 7 heteroatoms. The van der Waals surface area contributed by atoms with Crippen molar-refractivity contribution in [2.45, 2.75) is 66.1 Å². The third-order valence-electron chi connectivity index (χ3n) is 4.55. The Morgan fingerprint density at radius 1 is 1.20 bits per heavy atom. The molecule has 0 spiro atoms. The van der Waals surface area contributed by atoms with Gasteiger partial charge in [0.2, 0.25) is 5.91 Å². The molecule has 1 atom stereocenters. The summed E-state index contributed by atoms with van der Waals surface area (Å²) in [5, 5.41) is 6.85. The minimum atomic E-state index is 0. The summed E-state index contributed by atoms with van der Waals surface area (Å²) in [6.07, 6.45) is 0.975. The van der Waals surface area contributed by atoms with E-state index in [0.29, 0.717) is 12.1 Å². The first-order chi connectivity index (χ1) is 11.3. The van der Waals surface area contributed by atoms with Crippen molar-refractivity contribution in [3.05, 3.63) is 0 Å². The zero-order valence-electron chi connectivity index (χ0n) is 17.0. The van der Waals surface area contributed by atoms with E-state index in [4.69, 9.17) is 0 Å². The van der Waals surface area contributed by atoms with Crippen LogP contribution in [0.3, 0.4) is 0 Å². The second-order valence-corrected chi connectivity index (χ2v) is 7.49. The van der Waals surface area contributed by atoms with Crippen molar-refractivity contribution in [3.8, 4) is 0 Å². The van der Waals surface area contributed by atoms with Gasteiger partial charge in [-0.1, -0.05) is 13.8 Å². The van der Waals surface area contributed by atoms with Gasteiger partial charge >= 0.3 is 0 Å². The van der Waals surface area contributed by atoms with Crippen LogP contribution < -0.4 is 10.6 Å². The molecule has 0 aromatic rings. The Morgan fingerprint density at radius 2 is 1.80 bits per heavy atom. The van der Waals surface area contributed by atoms with E-state index in [0.717, 1.165) is 38.6 Å². The van der Waals surface area contributed by atoms with Crippen LogP contribution in [0.15, 0.2) is 4.99 Å². The number of rotatable bonds is 7. The third kappa shape index (κ3) is 8.11. The third-order valence-corrected chi connectivity index (χ3v) is 4.55. The average molecular weight is 467 g/mol. The highest BCUT2D eigenvalue weighted by molar-refractivity contribution is 14.0. The normalized spacial score (nSPS) is 18.3. The quantitative estimate of drug-likeness (QED) is 0.342. The van der Waals surface area contributed by atoms with Gasteiger partial charge in [0.1, 0.15) is 0 Å². The van der Waals surface area contributed by atoms with Crippen LogP contribution in [0.1, 0.15) is 48.0 Å². The van der Waals surface area contributed by atoms with Gasteiger partial charge in [0.25, 0.3) is 0 Å². The first-order valence-corrected chi connectivity index (χ1v) is 9.28. The molecule has 1 amide bonds. The topological polar surface area (TPSA) is 60.0 Å². The molecule has 0 bridgehead atoms. The predicted octanol–water partition coefficient (Wildman–Crippen LogP) is 2.15. The lowest BCUT2D eigenvalue weighted by atomic mass is 10.2. The predicted molar refractivity (Wildman–Crippen MR) is 117 cm³/mol. The van der Waals surface area contributed by atoms with Crippen LogP contribution in [0.25, 0.3) is 0 Å². The van der Waals surface area contributed by atoms with E-state index in [2.05, 4.69) is 48.2 Å². The van der Waals surface area contributed by atoms with Crippen molar-refractivity contribution in [1.29, 1.82) is 0 Å². The lowest BCUT2D eigenvalue weighted by Gasteiger charge is -2.30. The Hall–Kier alpha value is -0.570. The lowest BCUT2D eigenvalue weighted by molar-refractivity contribution is -0.133. The minimum absolute atomic E-state index is 0. The molecule has 1 saturated heterocycles. The number of likely N-dealkylation sites (tertiary alicyclic amines) is 1. The largest absolute Gasteiger partial charge is 0.355 e. The Morgan fingerprint density at radius 3 is 2.28 bits per heavy atom. The molecule has 0 saturated carbocycles. The van der Waals surface area contributed by atoms with Crippen LogP contribution in [0.2, 0.25) is 0 Å². The number of guanidine groups is 1. The summed E-state index contributed by atoms with van der Waals surface area (Å²) in [4.78, 5) is 20.8. The summed E-state index contributed by atoms with van der Waals surface area (Å²) < 4.78 is 0. The first kappa shape index (κ1) is 24.4. The SMILES string of the molecule is CN=C(NCCN(C(C)C)C(C)C)NC1CCN(C(=O)C(C)C)C1.I. The molecule has 1 heterocycles. The standard InChI is InChI=1S/C18H37N5O.HI/c1-13(2)17(24)22-10-8-16(12-22)21-18(19-7)20-9-11-23(14(3)4)15(5)6;/h13-16H,8-12H2,1-7H3,(H2,19,20,21);1H. The maximum atomic E-state index is 12.1. The zero-order chi connectivity index (χ0) is 18.3. The maximum absolute atomic E-state index is 12.1. The fourth-order valence-corrected chi connectivity index (χ4v) is 3.25. The van der Waals surface area contributed by atoms with Gasteiger partial charge in [-0.2, -0.15) is 0 Å². The van der Waals surface area contributed by atoms with E-state index in [-0.39, 0.29) is 41.8 Å². The van der Waals surface area contributed by atoms with Crippen molar-refractivity contribution >= 4 is 35.8 Å². The highest BCUT2D eigenvalue weighted by Crippen LogP contribution is 2.12. The van der Waals surface area contributed by atoms with E-state index in [9.17, 15) is 4.79 Å². The minimum Gasteiger partial charge on any atom is -0.355 e. The van der Waals surface area contributed by atoms with Gasteiger partial charge in [0, 0.05) is 57.3 Å². The van der Waals surface area contributed by atoms with Crippen molar-refractivity contribution < 1.29 is 4.79 Å². The Balaban J connectivity index is 0.00000576. The molecule has 0 aliphatic carbocycles. The van der Waals surface area contributed by atoms with Crippen molar-refractivity contribution in [2.75, 3.05) is 33.2 Å². The van der Waals surface area contributed by atoms with Gasteiger partial charge in [-0.3, -0.25) is 14.7 Å². The average Bonchev–Trinajstić information content (AvgIpc) is 2.96. The Kier molecular flexibility index (Phi) is 11.7. The maximum Gasteiger partial charge on any atom is 0.225 e. The van der Waals surface area contributed by atoms with E-state index >= 15 is 0 Å². The number of nitrogens with one attached hydrogen (secondary N) is 2. The molecule has 6 nitrogen and oxygen atoms in total. The first-order valence-electron chi connectivity index (χ1n) is 9.28. The lowest BCUT2D eigenvalue weighted by Crippen LogP contribution is -2.48. The van der Waals surface area contributed by atoms with E-state index in [1.54, 1.807) is 7.05 Å². The number of amides is 1. The van der Waals surface area contributed by atoms with Crippen molar-refractivity contribution in [1.82, 2.24) is 20.4 Å². The smallest absolute Gasteiger partial charge is 0.225 e. The van der Waals surface area contributed by atoms with Crippen LogP contribution in [0.4, 0.5) is 0 Å². The van der Waals surface area contributed by atoms with Crippen LogP contribution in [-0.4, -0.2) is 73.0 Å².